The lowest BCUT2D eigenvalue weighted by Gasteiger charge is -2.06. The first-order valence-corrected chi connectivity index (χ1v) is 9.56. The second-order valence-corrected chi connectivity index (χ2v) is 7.27. The van der Waals surface area contributed by atoms with Gasteiger partial charge in [-0.15, -0.1) is 11.8 Å². The van der Waals surface area contributed by atoms with E-state index in [2.05, 4.69) is 26.4 Å². The molecule has 1 amide bonds. The SMILES string of the molecule is Cn1cc(-c2cncc(CNC(=O)CSc3c[nH]c4ccccc34)c2)cn1. The first-order chi connectivity index (χ1) is 13.2. The summed E-state index contributed by atoms with van der Waals surface area (Å²) in [6.07, 6.45) is 9.26. The fourth-order valence-electron chi connectivity index (χ4n) is 2.87. The highest BCUT2D eigenvalue weighted by Crippen LogP contribution is 2.27. The van der Waals surface area contributed by atoms with E-state index >= 15 is 0 Å². The number of carbonyl (C=O) groups is 1. The Hall–Kier alpha value is -3.06. The fraction of sp³-hybridized carbons (Fsp3) is 0.150. The fourth-order valence-corrected chi connectivity index (χ4v) is 3.74. The van der Waals surface area contributed by atoms with Crippen LogP contribution in [-0.2, 0) is 18.4 Å². The molecule has 0 fully saturated rings. The Labute approximate surface area is 161 Å². The van der Waals surface area contributed by atoms with Crippen molar-refractivity contribution >= 4 is 28.6 Å². The number of amides is 1. The zero-order chi connectivity index (χ0) is 18.6. The number of para-hydroxylation sites is 1. The van der Waals surface area contributed by atoms with Crippen molar-refractivity contribution in [1.82, 2.24) is 25.1 Å². The number of aromatic nitrogens is 4. The number of carbonyl (C=O) groups excluding carboxylic acids is 1. The summed E-state index contributed by atoms with van der Waals surface area (Å²) >= 11 is 1.53. The normalized spacial score (nSPS) is 11.0. The van der Waals surface area contributed by atoms with Gasteiger partial charge in [-0.05, 0) is 17.7 Å². The van der Waals surface area contributed by atoms with Gasteiger partial charge in [0.05, 0.1) is 11.9 Å². The lowest BCUT2D eigenvalue weighted by atomic mass is 10.1. The number of thioether (sulfide) groups is 1. The van der Waals surface area contributed by atoms with Gasteiger partial charge < -0.3 is 10.3 Å². The van der Waals surface area contributed by atoms with Gasteiger partial charge >= 0.3 is 0 Å². The third kappa shape index (κ3) is 4.03. The minimum Gasteiger partial charge on any atom is -0.360 e. The number of aromatic amines is 1. The Balaban J connectivity index is 1.34. The number of nitrogens with zero attached hydrogens (tertiary/aromatic N) is 3. The minimum atomic E-state index is -0.00272. The zero-order valence-electron chi connectivity index (χ0n) is 14.8. The maximum Gasteiger partial charge on any atom is 0.230 e. The Morgan fingerprint density at radius 2 is 2.11 bits per heavy atom. The molecular weight excluding hydrogens is 358 g/mol. The summed E-state index contributed by atoms with van der Waals surface area (Å²) in [7, 11) is 1.88. The molecule has 3 aromatic heterocycles. The maximum absolute atomic E-state index is 12.2. The van der Waals surface area contributed by atoms with Crippen molar-refractivity contribution in [3.63, 3.8) is 0 Å². The van der Waals surface area contributed by atoms with E-state index in [1.807, 2.05) is 43.7 Å². The maximum atomic E-state index is 12.2. The van der Waals surface area contributed by atoms with Gasteiger partial charge in [-0.1, -0.05) is 18.2 Å². The van der Waals surface area contributed by atoms with Crippen molar-refractivity contribution in [2.24, 2.45) is 7.05 Å². The van der Waals surface area contributed by atoms with Crippen LogP contribution in [0.3, 0.4) is 0 Å². The molecule has 7 heteroatoms. The minimum absolute atomic E-state index is 0.00272. The van der Waals surface area contributed by atoms with Crippen LogP contribution in [0.1, 0.15) is 5.56 Å². The number of H-pyrrole nitrogens is 1. The number of hydrogen-bond donors (Lipinski definition) is 2. The summed E-state index contributed by atoms with van der Waals surface area (Å²) in [5, 5.41) is 8.29. The summed E-state index contributed by atoms with van der Waals surface area (Å²) < 4.78 is 1.76. The second kappa shape index (κ2) is 7.67. The van der Waals surface area contributed by atoms with Crippen LogP contribution >= 0.6 is 11.8 Å². The van der Waals surface area contributed by atoms with Crippen LogP contribution in [0.15, 0.2) is 66.2 Å². The number of benzene rings is 1. The predicted molar refractivity (Wildman–Crippen MR) is 107 cm³/mol. The average molecular weight is 377 g/mol. The molecule has 0 saturated carbocycles. The van der Waals surface area contributed by atoms with Crippen molar-refractivity contribution in [1.29, 1.82) is 0 Å². The molecule has 0 spiro atoms. The summed E-state index contributed by atoms with van der Waals surface area (Å²) in [5.74, 6) is 0.370. The molecule has 0 unspecified atom stereocenters. The van der Waals surface area contributed by atoms with Crippen LogP contribution in [0.25, 0.3) is 22.0 Å². The van der Waals surface area contributed by atoms with Crippen LogP contribution in [0.2, 0.25) is 0 Å². The average Bonchev–Trinajstić information content (AvgIpc) is 3.31. The van der Waals surface area contributed by atoms with Gasteiger partial charge in [-0.2, -0.15) is 5.10 Å². The lowest BCUT2D eigenvalue weighted by molar-refractivity contribution is -0.118. The third-order valence-corrected chi connectivity index (χ3v) is 5.29. The molecule has 1 aromatic carbocycles. The summed E-state index contributed by atoms with van der Waals surface area (Å²) in [6.45, 7) is 0.453. The van der Waals surface area contributed by atoms with Crippen molar-refractivity contribution in [2.45, 2.75) is 11.4 Å². The highest BCUT2D eigenvalue weighted by molar-refractivity contribution is 8.00. The van der Waals surface area contributed by atoms with E-state index in [1.165, 1.54) is 11.8 Å². The first-order valence-electron chi connectivity index (χ1n) is 8.57. The molecule has 0 aliphatic carbocycles. The lowest BCUT2D eigenvalue weighted by Crippen LogP contribution is -2.24. The van der Waals surface area contributed by atoms with E-state index in [9.17, 15) is 4.79 Å². The molecule has 136 valence electrons. The molecule has 27 heavy (non-hydrogen) atoms. The van der Waals surface area contributed by atoms with Crippen molar-refractivity contribution in [2.75, 3.05) is 5.75 Å². The highest BCUT2D eigenvalue weighted by atomic mass is 32.2. The Kier molecular flexibility index (Phi) is 4.93. The summed E-state index contributed by atoms with van der Waals surface area (Å²) in [5.41, 5.74) is 4.04. The number of nitrogens with one attached hydrogen (secondary N) is 2. The molecule has 0 aliphatic heterocycles. The molecule has 4 rings (SSSR count). The van der Waals surface area contributed by atoms with Gasteiger partial charge in [0, 0.05) is 65.3 Å². The van der Waals surface area contributed by atoms with Gasteiger partial charge in [0.1, 0.15) is 0 Å². The highest BCUT2D eigenvalue weighted by Gasteiger charge is 2.08. The summed E-state index contributed by atoms with van der Waals surface area (Å²) in [4.78, 5) is 20.8. The number of aryl methyl sites for hydroxylation is 1. The number of pyridine rings is 1. The van der Waals surface area contributed by atoms with Gasteiger partial charge in [-0.25, -0.2) is 0 Å². The molecule has 4 aromatic rings. The number of hydrogen-bond acceptors (Lipinski definition) is 4. The van der Waals surface area contributed by atoms with Gasteiger partial charge in [0.25, 0.3) is 0 Å². The molecule has 2 N–H and O–H groups in total. The van der Waals surface area contributed by atoms with E-state index in [0.717, 1.165) is 32.5 Å². The Morgan fingerprint density at radius 3 is 2.96 bits per heavy atom. The van der Waals surface area contributed by atoms with E-state index in [4.69, 9.17) is 0 Å². The molecule has 0 aliphatic rings. The first kappa shape index (κ1) is 17.4. The van der Waals surface area contributed by atoms with Gasteiger partial charge in [0.2, 0.25) is 5.91 Å². The molecular formula is C20H19N5OS. The molecule has 3 heterocycles. The smallest absolute Gasteiger partial charge is 0.230 e. The standard InChI is InChI=1S/C20H19N5OS/c1-25-12-16(10-24-25)15-6-14(7-21-9-15)8-23-20(26)13-27-19-11-22-18-5-3-2-4-17(18)19/h2-7,9-12,22H,8,13H2,1H3,(H,23,26). The quantitative estimate of drug-likeness (QED) is 0.505. The summed E-state index contributed by atoms with van der Waals surface area (Å²) in [6, 6.07) is 10.1. The molecule has 0 saturated heterocycles. The Morgan fingerprint density at radius 1 is 1.22 bits per heavy atom. The van der Waals surface area contributed by atoms with Gasteiger partial charge in [-0.3, -0.25) is 14.5 Å². The Bertz CT molecular complexity index is 1080. The molecule has 6 nitrogen and oxygen atoms in total. The molecule has 0 atom stereocenters. The zero-order valence-corrected chi connectivity index (χ0v) is 15.7. The predicted octanol–water partition coefficient (Wildman–Crippen LogP) is 3.37. The van der Waals surface area contributed by atoms with Gasteiger partial charge in [0.15, 0.2) is 0 Å². The topological polar surface area (TPSA) is 75.6 Å². The van der Waals surface area contributed by atoms with E-state index in [0.29, 0.717) is 12.3 Å². The van der Waals surface area contributed by atoms with Crippen LogP contribution in [0.4, 0.5) is 0 Å². The number of rotatable bonds is 6. The van der Waals surface area contributed by atoms with Crippen LogP contribution in [0.5, 0.6) is 0 Å². The van der Waals surface area contributed by atoms with Crippen LogP contribution in [-0.4, -0.2) is 31.4 Å². The van der Waals surface area contributed by atoms with E-state index < -0.39 is 0 Å². The molecule has 0 bridgehead atoms. The largest absolute Gasteiger partial charge is 0.360 e. The van der Waals surface area contributed by atoms with Crippen molar-refractivity contribution < 1.29 is 4.79 Å². The van der Waals surface area contributed by atoms with Crippen LogP contribution in [0, 0.1) is 0 Å². The van der Waals surface area contributed by atoms with Crippen molar-refractivity contribution in [3.8, 4) is 11.1 Å². The number of fused-ring (bicyclic) bond motifs is 1. The van der Waals surface area contributed by atoms with E-state index in [1.54, 1.807) is 23.3 Å². The van der Waals surface area contributed by atoms with Crippen LogP contribution < -0.4 is 5.32 Å². The molecule has 0 radical (unpaired) electrons. The van der Waals surface area contributed by atoms with E-state index in [-0.39, 0.29) is 5.91 Å². The second-order valence-electron chi connectivity index (χ2n) is 6.25. The van der Waals surface area contributed by atoms with Crippen molar-refractivity contribution in [3.05, 3.63) is 66.9 Å². The monoisotopic (exact) mass is 377 g/mol. The third-order valence-electron chi connectivity index (χ3n) is 4.23.